The lowest BCUT2D eigenvalue weighted by molar-refractivity contribution is -0.00196. The van der Waals surface area contributed by atoms with Gasteiger partial charge in [-0.05, 0) is 25.2 Å². The van der Waals surface area contributed by atoms with Crippen LogP contribution in [0.15, 0.2) is 0 Å². The minimum atomic E-state index is 0.427. The first-order valence-corrected chi connectivity index (χ1v) is 6.38. The van der Waals surface area contributed by atoms with Crippen molar-refractivity contribution < 1.29 is 4.74 Å². The highest BCUT2D eigenvalue weighted by molar-refractivity contribution is 4.86. The Morgan fingerprint density at radius 2 is 2.27 bits per heavy atom. The summed E-state index contributed by atoms with van der Waals surface area (Å²) >= 11 is 0. The summed E-state index contributed by atoms with van der Waals surface area (Å²) in [6.45, 7) is 6.51. The van der Waals surface area contributed by atoms with E-state index in [9.17, 15) is 0 Å². The molecule has 2 aliphatic rings. The lowest BCUT2D eigenvalue weighted by Gasteiger charge is -2.42. The number of rotatable bonds is 2. The summed E-state index contributed by atoms with van der Waals surface area (Å²) in [5.74, 6) is 0.695. The molecule has 2 rings (SSSR count). The van der Waals surface area contributed by atoms with Crippen molar-refractivity contribution >= 4 is 0 Å². The van der Waals surface area contributed by atoms with Crippen LogP contribution in [-0.2, 0) is 4.74 Å². The summed E-state index contributed by atoms with van der Waals surface area (Å²) in [5.41, 5.74) is 6.12. The van der Waals surface area contributed by atoms with Crippen molar-refractivity contribution in [2.75, 3.05) is 26.3 Å². The van der Waals surface area contributed by atoms with Crippen molar-refractivity contribution in [1.82, 2.24) is 4.90 Å². The Morgan fingerprint density at radius 1 is 1.40 bits per heavy atom. The Hall–Kier alpha value is -0.120. The summed E-state index contributed by atoms with van der Waals surface area (Å²) in [6.07, 6.45) is 4.91. The fourth-order valence-corrected chi connectivity index (χ4v) is 2.85. The topological polar surface area (TPSA) is 38.5 Å². The van der Waals surface area contributed by atoms with Crippen LogP contribution in [0.3, 0.4) is 0 Å². The molecule has 2 fully saturated rings. The summed E-state index contributed by atoms with van der Waals surface area (Å²) in [7, 11) is 0. The first-order valence-electron chi connectivity index (χ1n) is 6.38. The van der Waals surface area contributed by atoms with Gasteiger partial charge in [0, 0.05) is 31.8 Å². The summed E-state index contributed by atoms with van der Waals surface area (Å²) < 4.78 is 5.56. The van der Waals surface area contributed by atoms with Crippen molar-refractivity contribution in [3.63, 3.8) is 0 Å². The van der Waals surface area contributed by atoms with Gasteiger partial charge in [0.05, 0.1) is 6.61 Å². The van der Waals surface area contributed by atoms with E-state index in [1.807, 2.05) is 0 Å². The van der Waals surface area contributed by atoms with Gasteiger partial charge in [-0.2, -0.15) is 0 Å². The van der Waals surface area contributed by atoms with Crippen molar-refractivity contribution in [3.8, 4) is 0 Å². The first-order chi connectivity index (χ1) is 7.31. The average Bonchev–Trinajstić information content (AvgIpc) is 2.31. The average molecular weight is 212 g/mol. The monoisotopic (exact) mass is 212 g/mol. The number of hydrogen-bond acceptors (Lipinski definition) is 3. The SMILES string of the molecule is CCC1CN(C2CCCOC2)CCC1N. The highest BCUT2D eigenvalue weighted by Crippen LogP contribution is 2.23. The van der Waals surface area contributed by atoms with Gasteiger partial charge in [0.1, 0.15) is 0 Å². The smallest absolute Gasteiger partial charge is 0.0621 e. The Balaban J connectivity index is 1.87. The van der Waals surface area contributed by atoms with E-state index >= 15 is 0 Å². The van der Waals surface area contributed by atoms with E-state index in [1.54, 1.807) is 0 Å². The van der Waals surface area contributed by atoms with E-state index in [-0.39, 0.29) is 0 Å². The second-order valence-electron chi connectivity index (χ2n) is 4.99. The Labute approximate surface area is 93.0 Å². The number of hydrogen-bond donors (Lipinski definition) is 1. The van der Waals surface area contributed by atoms with Crippen molar-refractivity contribution in [3.05, 3.63) is 0 Å². The van der Waals surface area contributed by atoms with Gasteiger partial charge >= 0.3 is 0 Å². The van der Waals surface area contributed by atoms with Crippen LogP contribution in [0.1, 0.15) is 32.6 Å². The molecule has 0 aliphatic carbocycles. The molecule has 3 unspecified atom stereocenters. The molecule has 0 spiro atoms. The minimum Gasteiger partial charge on any atom is -0.380 e. The quantitative estimate of drug-likeness (QED) is 0.748. The number of ether oxygens (including phenoxy) is 1. The van der Waals surface area contributed by atoms with Gasteiger partial charge in [0.2, 0.25) is 0 Å². The predicted octanol–water partition coefficient (Wildman–Crippen LogP) is 1.22. The molecule has 0 bridgehead atoms. The summed E-state index contributed by atoms with van der Waals surface area (Å²) in [5, 5.41) is 0. The molecule has 0 radical (unpaired) electrons. The van der Waals surface area contributed by atoms with Crippen LogP contribution in [0, 0.1) is 5.92 Å². The van der Waals surface area contributed by atoms with Crippen LogP contribution in [0.25, 0.3) is 0 Å². The van der Waals surface area contributed by atoms with Gasteiger partial charge in [0.25, 0.3) is 0 Å². The first kappa shape index (κ1) is 11.4. The van der Waals surface area contributed by atoms with Crippen molar-refractivity contribution in [2.45, 2.75) is 44.7 Å². The number of nitrogens with zero attached hydrogens (tertiary/aromatic N) is 1. The third-order valence-electron chi connectivity index (χ3n) is 4.00. The minimum absolute atomic E-state index is 0.427. The third kappa shape index (κ3) is 2.71. The molecule has 2 saturated heterocycles. The Morgan fingerprint density at radius 3 is 2.93 bits per heavy atom. The van der Waals surface area contributed by atoms with Crippen LogP contribution >= 0.6 is 0 Å². The lowest BCUT2D eigenvalue weighted by Crippen LogP contribution is -2.52. The summed E-state index contributed by atoms with van der Waals surface area (Å²) in [6, 6.07) is 1.09. The second kappa shape index (κ2) is 5.28. The lowest BCUT2D eigenvalue weighted by atomic mass is 9.89. The highest BCUT2D eigenvalue weighted by atomic mass is 16.5. The molecular formula is C12H24N2O. The molecule has 3 nitrogen and oxygen atoms in total. The molecule has 0 saturated carbocycles. The van der Waals surface area contributed by atoms with E-state index in [0.717, 1.165) is 19.6 Å². The molecule has 0 aromatic heterocycles. The largest absolute Gasteiger partial charge is 0.380 e. The molecule has 0 aromatic rings. The van der Waals surface area contributed by atoms with E-state index in [1.165, 1.54) is 32.4 Å². The fourth-order valence-electron chi connectivity index (χ4n) is 2.85. The van der Waals surface area contributed by atoms with Crippen LogP contribution in [0.4, 0.5) is 0 Å². The molecule has 15 heavy (non-hydrogen) atoms. The van der Waals surface area contributed by atoms with E-state index in [2.05, 4.69) is 11.8 Å². The maximum atomic E-state index is 6.12. The van der Waals surface area contributed by atoms with Crippen LogP contribution in [-0.4, -0.2) is 43.3 Å². The zero-order valence-electron chi connectivity index (χ0n) is 9.82. The third-order valence-corrected chi connectivity index (χ3v) is 4.00. The van der Waals surface area contributed by atoms with E-state index < -0.39 is 0 Å². The fraction of sp³-hybridized carbons (Fsp3) is 1.00. The van der Waals surface area contributed by atoms with Gasteiger partial charge in [0.15, 0.2) is 0 Å². The van der Waals surface area contributed by atoms with Crippen LogP contribution < -0.4 is 5.73 Å². The highest BCUT2D eigenvalue weighted by Gasteiger charge is 2.30. The van der Waals surface area contributed by atoms with E-state index in [4.69, 9.17) is 10.5 Å². The zero-order chi connectivity index (χ0) is 10.7. The molecular weight excluding hydrogens is 188 g/mol. The second-order valence-corrected chi connectivity index (χ2v) is 4.99. The van der Waals surface area contributed by atoms with Gasteiger partial charge < -0.3 is 10.5 Å². The molecule has 2 heterocycles. The zero-order valence-corrected chi connectivity index (χ0v) is 9.82. The van der Waals surface area contributed by atoms with Gasteiger partial charge in [-0.25, -0.2) is 0 Å². The maximum Gasteiger partial charge on any atom is 0.0621 e. The van der Waals surface area contributed by atoms with Gasteiger partial charge in [-0.3, -0.25) is 4.90 Å². The van der Waals surface area contributed by atoms with Crippen molar-refractivity contribution in [2.24, 2.45) is 11.7 Å². The van der Waals surface area contributed by atoms with Gasteiger partial charge in [-0.15, -0.1) is 0 Å². The molecule has 2 N–H and O–H groups in total. The van der Waals surface area contributed by atoms with Crippen LogP contribution in [0.5, 0.6) is 0 Å². The number of nitrogens with two attached hydrogens (primary N) is 1. The molecule has 0 amide bonds. The molecule has 2 aliphatic heterocycles. The Bertz CT molecular complexity index is 192. The normalized spacial score (nSPS) is 39.2. The molecule has 3 heteroatoms. The molecule has 0 aromatic carbocycles. The van der Waals surface area contributed by atoms with Gasteiger partial charge in [-0.1, -0.05) is 13.3 Å². The predicted molar refractivity (Wildman–Crippen MR) is 61.8 cm³/mol. The van der Waals surface area contributed by atoms with Crippen molar-refractivity contribution in [1.29, 1.82) is 0 Å². The maximum absolute atomic E-state index is 6.12. The molecule has 3 atom stereocenters. The standard InChI is InChI=1S/C12H24N2O/c1-2-10-8-14(6-5-12(10)13)11-4-3-7-15-9-11/h10-12H,2-9,13H2,1H3. The Kier molecular flexibility index (Phi) is 4.00. The number of likely N-dealkylation sites (tertiary alicyclic amines) is 1. The summed E-state index contributed by atoms with van der Waals surface area (Å²) in [4.78, 5) is 2.61. The number of piperidine rings is 1. The molecule has 88 valence electrons. The van der Waals surface area contributed by atoms with Crippen LogP contribution in [0.2, 0.25) is 0 Å². The van der Waals surface area contributed by atoms with E-state index in [0.29, 0.717) is 18.0 Å².